The maximum Gasteiger partial charge on any atom is 0.325 e. The van der Waals surface area contributed by atoms with Crippen LogP contribution in [0.4, 0.5) is 0 Å². The van der Waals surface area contributed by atoms with E-state index < -0.39 is 5.97 Å². The molecule has 1 amide bonds. The number of esters is 1. The minimum Gasteiger partial charge on any atom is -0.468 e. The van der Waals surface area contributed by atoms with Gasteiger partial charge in [-0.15, -0.1) is 0 Å². The molecule has 5 nitrogen and oxygen atoms in total. The molecule has 4 aromatic rings. The van der Waals surface area contributed by atoms with Crippen molar-refractivity contribution < 1.29 is 14.3 Å². The summed E-state index contributed by atoms with van der Waals surface area (Å²) in [7, 11) is 3.39. The van der Waals surface area contributed by atoms with Crippen LogP contribution in [0.1, 0.15) is 27.5 Å². The highest BCUT2D eigenvalue weighted by Gasteiger charge is 2.41. The van der Waals surface area contributed by atoms with Gasteiger partial charge >= 0.3 is 5.97 Å². The summed E-state index contributed by atoms with van der Waals surface area (Å²) in [5.41, 5.74) is 5.73. The third-order valence-electron chi connectivity index (χ3n) is 6.05. The van der Waals surface area contributed by atoms with Crippen LogP contribution in [0.15, 0.2) is 78.9 Å². The molecule has 3 aromatic carbocycles. The SMILES string of the molecule is COC(=O)CN1C(=O)c2ccccc2[C@@H]1c1c(-c2ccccc2)n(C)c2ccccc12. The summed E-state index contributed by atoms with van der Waals surface area (Å²) in [5, 5.41) is 1.06. The van der Waals surface area contributed by atoms with Gasteiger partial charge in [-0.05, 0) is 23.3 Å². The summed E-state index contributed by atoms with van der Waals surface area (Å²) in [4.78, 5) is 27.2. The predicted octanol–water partition coefficient (Wildman–Crippen LogP) is 4.56. The van der Waals surface area contributed by atoms with Crippen molar-refractivity contribution in [2.45, 2.75) is 6.04 Å². The molecular formula is C26H22N2O3. The zero-order valence-corrected chi connectivity index (χ0v) is 17.4. The van der Waals surface area contributed by atoms with Crippen molar-refractivity contribution in [2.24, 2.45) is 7.05 Å². The molecular weight excluding hydrogens is 388 g/mol. The van der Waals surface area contributed by atoms with Crippen LogP contribution in [0.5, 0.6) is 0 Å². The van der Waals surface area contributed by atoms with Gasteiger partial charge in [0.25, 0.3) is 5.91 Å². The third kappa shape index (κ3) is 2.93. The summed E-state index contributed by atoms with van der Waals surface area (Å²) >= 11 is 0. The lowest BCUT2D eigenvalue weighted by Gasteiger charge is -2.26. The second kappa shape index (κ2) is 7.43. The molecule has 0 spiro atoms. The first-order chi connectivity index (χ1) is 15.1. The largest absolute Gasteiger partial charge is 0.468 e. The molecule has 31 heavy (non-hydrogen) atoms. The lowest BCUT2D eigenvalue weighted by Crippen LogP contribution is -2.34. The normalized spacial score (nSPS) is 15.4. The molecule has 0 N–H and O–H groups in total. The number of fused-ring (bicyclic) bond motifs is 2. The Morgan fingerprint density at radius 1 is 0.935 bits per heavy atom. The highest BCUT2D eigenvalue weighted by atomic mass is 16.5. The van der Waals surface area contributed by atoms with E-state index in [1.54, 1.807) is 4.90 Å². The van der Waals surface area contributed by atoms with Crippen LogP contribution in [-0.2, 0) is 16.6 Å². The van der Waals surface area contributed by atoms with Crippen LogP contribution in [-0.4, -0.2) is 35.0 Å². The molecule has 1 aliphatic heterocycles. The lowest BCUT2D eigenvalue weighted by atomic mass is 9.93. The number of amides is 1. The fourth-order valence-corrected chi connectivity index (χ4v) is 4.69. The number of rotatable bonds is 4. The summed E-state index contributed by atoms with van der Waals surface area (Å²) in [6.45, 7) is -0.105. The Labute approximate surface area is 180 Å². The number of hydrogen-bond donors (Lipinski definition) is 0. The molecule has 0 radical (unpaired) electrons. The maximum absolute atomic E-state index is 13.3. The molecule has 1 atom stereocenters. The number of benzene rings is 3. The third-order valence-corrected chi connectivity index (χ3v) is 6.05. The van der Waals surface area contributed by atoms with E-state index in [1.165, 1.54) is 7.11 Å². The second-order valence-electron chi connectivity index (χ2n) is 7.70. The van der Waals surface area contributed by atoms with E-state index in [-0.39, 0.29) is 18.5 Å². The van der Waals surface area contributed by atoms with Crippen molar-refractivity contribution >= 4 is 22.8 Å². The predicted molar refractivity (Wildman–Crippen MR) is 120 cm³/mol. The highest BCUT2D eigenvalue weighted by Crippen LogP contribution is 2.46. The van der Waals surface area contributed by atoms with Crippen molar-refractivity contribution in [3.05, 3.63) is 95.6 Å². The van der Waals surface area contributed by atoms with Crippen LogP contribution in [0.25, 0.3) is 22.2 Å². The first kappa shape index (κ1) is 19.1. The van der Waals surface area contributed by atoms with Crippen molar-refractivity contribution in [1.82, 2.24) is 9.47 Å². The Bertz CT molecular complexity index is 1310. The Kier molecular flexibility index (Phi) is 4.59. The van der Waals surface area contributed by atoms with E-state index >= 15 is 0 Å². The van der Waals surface area contributed by atoms with Crippen LogP contribution in [0.3, 0.4) is 0 Å². The van der Waals surface area contributed by atoms with Gasteiger partial charge in [0, 0.05) is 29.1 Å². The standard InChI is InChI=1S/C26H22N2O3/c1-27-21-15-9-8-14-20(21)23(24(27)17-10-4-3-5-11-17)25-18-12-6-7-13-19(18)26(30)28(25)16-22(29)31-2/h3-15,25H,16H2,1-2H3/t25-/m1/s1. The van der Waals surface area contributed by atoms with Gasteiger partial charge < -0.3 is 14.2 Å². The van der Waals surface area contributed by atoms with E-state index in [9.17, 15) is 9.59 Å². The van der Waals surface area contributed by atoms with Crippen molar-refractivity contribution in [1.29, 1.82) is 0 Å². The Hall–Kier alpha value is -3.86. The molecule has 0 fully saturated rings. The zero-order chi connectivity index (χ0) is 21.5. The number of aryl methyl sites for hydroxylation is 1. The summed E-state index contributed by atoms with van der Waals surface area (Å²) in [5.74, 6) is -0.592. The number of para-hydroxylation sites is 1. The van der Waals surface area contributed by atoms with Gasteiger partial charge in [-0.2, -0.15) is 0 Å². The van der Waals surface area contributed by atoms with Crippen molar-refractivity contribution in [2.75, 3.05) is 13.7 Å². The topological polar surface area (TPSA) is 51.5 Å². The Balaban J connectivity index is 1.83. The first-order valence-corrected chi connectivity index (χ1v) is 10.2. The minimum atomic E-state index is -0.437. The molecule has 0 saturated carbocycles. The quantitative estimate of drug-likeness (QED) is 0.464. The number of ether oxygens (including phenoxy) is 1. The van der Waals surface area contributed by atoms with Crippen LogP contribution in [0.2, 0.25) is 0 Å². The van der Waals surface area contributed by atoms with E-state index in [0.717, 1.165) is 33.3 Å². The van der Waals surface area contributed by atoms with E-state index in [0.29, 0.717) is 5.56 Å². The molecule has 0 saturated heterocycles. The molecule has 0 bridgehead atoms. The maximum atomic E-state index is 13.3. The molecule has 0 unspecified atom stereocenters. The van der Waals surface area contributed by atoms with E-state index in [1.807, 2.05) is 61.6 Å². The number of aromatic nitrogens is 1. The summed E-state index contributed by atoms with van der Waals surface area (Å²) in [6, 6.07) is 25.6. The van der Waals surface area contributed by atoms with Crippen molar-refractivity contribution in [3.63, 3.8) is 0 Å². The fraction of sp³-hybridized carbons (Fsp3) is 0.154. The molecule has 0 aliphatic carbocycles. The van der Waals surface area contributed by atoms with Gasteiger partial charge in [0.1, 0.15) is 6.54 Å². The zero-order valence-electron chi connectivity index (χ0n) is 17.4. The van der Waals surface area contributed by atoms with Gasteiger partial charge in [0.2, 0.25) is 0 Å². The number of carbonyl (C=O) groups excluding carboxylic acids is 2. The fourth-order valence-electron chi connectivity index (χ4n) is 4.69. The Morgan fingerprint density at radius 2 is 1.61 bits per heavy atom. The van der Waals surface area contributed by atoms with Crippen molar-refractivity contribution in [3.8, 4) is 11.3 Å². The molecule has 1 aliphatic rings. The van der Waals surface area contributed by atoms with E-state index in [2.05, 4.69) is 28.8 Å². The molecule has 5 heteroatoms. The number of nitrogens with zero attached hydrogens (tertiary/aromatic N) is 2. The van der Waals surface area contributed by atoms with Gasteiger partial charge in [0.15, 0.2) is 0 Å². The van der Waals surface area contributed by atoms with Gasteiger partial charge in [-0.3, -0.25) is 9.59 Å². The average molecular weight is 410 g/mol. The lowest BCUT2D eigenvalue weighted by molar-refractivity contribution is -0.141. The van der Waals surface area contributed by atoms with Crippen LogP contribution < -0.4 is 0 Å². The molecule has 2 heterocycles. The second-order valence-corrected chi connectivity index (χ2v) is 7.70. The monoisotopic (exact) mass is 410 g/mol. The highest BCUT2D eigenvalue weighted by molar-refractivity contribution is 6.03. The number of methoxy groups -OCH3 is 1. The van der Waals surface area contributed by atoms with Gasteiger partial charge in [0.05, 0.1) is 18.8 Å². The number of carbonyl (C=O) groups is 2. The number of hydrogen-bond acceptors (Lipinski definition) is 3. The Morgan fingerprint density at radius 3 is 2.39 bits per heavy atom. The smallest absolute Gasteiger partial charge is 0.325 e. The molecule has 5 rings (SSSR count). The average Bonchev–Trinajstić information content (AvgIpc) is 3.25. The van der Waals surface area contributed by atoms with Crippen LogP contribution >= 0.6 is 0 Å². The van der Waals surface area contributed by atoms with Gasteiger partial charge in [-0.1, -0.05) is 66.7 Å². The van der Waals surface area contributed by atoms with E-state index in [4.69, 9.17) is 4.74 Å². The first-order valence-electron chi connectivity index (χ1n) is 10.2. The van der Waals surface area contributed by atoms with Crippen LogP contribution in [0, 0.1) is 0 Å². The molecule has 1 aromatic heterocycles. The summed E-state index contributed by atoms with van der Waals surface area (Å²) in [6.07, 6.45) is 0. The summed E-state index contributed by atoms with van der Waals surface area (Å²) < 4.78 is 7.08. The van der Waals surface area contributed by atoms with Gasteiger partial charge in [-0.25, -0.2) is 0 Å². The molecule has 154 valence electrons. The minimum absolute atomic E-state index is 0.105.